The predicted molar refractivity (Wildman–Crippen MR) is 61.6 cm³/mol. The topological polar surface area (TPSA) is 50.2 Å². The highest BCUT2D eigenvalue weighted by atomic mass is 35.5. The monoisotopic (exact) mass is 269 g/mol. The Bertz CT molecular complexity index is 611. The van der Waals surface area contributed by atoms with Crippen LogP contribution in [0.2, 0.25) is 5.15 Å². The molecule has 1 aromatic carbocycles. The summed E-state index contributed by atoms with van der Waals surface area (Å²) in [5.74, 6) is -2.91. The Labute approximate surface area is 106 Å². The van der Waals surface area contributed by atoms with Crippen LogP contribution in [0.25, 0.3) is 11.1 Å². The summed E-state index contributed by atoms with van der Waals surface area (Å²) in [6, 6.07) is 4.45. The summed E-state index contributed by atoms with van der Waals surface area (Å²) in [5.41, 5.74) is -0.617. The molecule has 18 heavy (non-hydrogen) atoms. The van der Waals surface area contributed by atoms with Crippen molar-refractivity contribution in [1.82, 2.24) is 4.98 Å². The van der Waals surface area contributed by atoms with Crippen LogP contribution in [0.5, 0.6) is 0 Å². The molecule has 2 rings (SSSR count). The van der Waals surface area contributed by atoms with Crippen molar-refractivity contribution in [2.75, 3.05) is 0 Å². The Morgan fingerprint density at radius 1 is 1.28 bits per heavy atom. The molecule has 0 atom stereocenters. The van der Waals surface area contributed by atoms with E-state index in [-0.39, 0.29) is 21.8 Å². The van der Waals surface area contributed by atoms with Gasteiger partial charge in [0.05, 0.1) is 11.1 Å². The summed E-state index contributed by atoms with van der Waals surface area (Å²) in [7, 11) is 0. The molecule has 1 N–H and O–H groups in total. The summed E-state index contributed by atoms with van der Waals surface area (Å²) >= 11 is 5.58. The number of carboxylic acids is 1. The maximum absolute atomic E-state index is 13.5. The van der Waals surface area contributed by atoms with Gasteiger partial charge in [-0.2, -0.15) is 0 Å². The maximum atomic E-state index is 13.5. The van der Waals surface area contributed by atoms with E-state index >= 15 is 0 Å². The Balaban J connectivity index is 2.65. The van der Waals surface area contributed by atoms with Crippen molar-refractivity contribution < 1.29 is 18.7 Å². The second kappa shape index (κ2) is 4.70. The SMILES string of the molecule is O=C(O)c1cc(-c2c(F)cccc2F)cnc1Cl. The quantitative estimate of drug-likeness (QED) is 0.850. The van der Waals surface area contributed by atoms with Crippen molar-refractivity contribution >= 4 is 17.6 Å². The maximum Gasteiger partial charge on any atom is 0.338 e. The smallest absolute Gasteiger partial charge is 0.338 e. The van der Waals surface area contributed by atoms with Crippen molar-refractivity contribution in [2.24, 2.45) is 0 Å². The number of nitrogens with zero attached hydrogens (tertiary/aromatic N) is 1. The number of rotatable bonds is 2. The van der Waals surface area contributed by atoms with Crippen LogP contribution < -0.4 is 0 Å². The molecule has 0 radical (unpaired) electrons. The van der Waals surface area contributed by atoms with E-state index in [1.807, 2.05) is 0 Å². The average molecular weight is 270 g/mol. The molecule has 0 aliphatic carbocycles. The lowest BCUT2D eigenvalue weighted by atomic mass is 10.0. The highest BCUT2D eigenvalue weighted by Gasteiger charge is 2.16. The molecule has 92 valence electrons. The van der Waals surface area contributed by atoms with Crippen LogP contribution in [0.1, 0.15) is 10.4 Å². The van der Waals surface area contributed by atoms with E-state index in [9.17, 15) is 13.6 Å². The van der Waals surface area contributed by atoms with Gasteiger partial charge in [-0.25, -0.2) is 18.6 Å². The molecule has 6 heteroatoms. The Kier molecular flexibility index (Phi) is 3.25. The highest BCUT2D eigenvalue weighted by molar-refractivity contribution is 6.32. The highest BCUT2D eigenvalue weighted by Crippen LogP contribution is 2.27. The number of pyridine rings is 1. The molecular weight excluding hydrogens is 264 g/mol. The first kappa shape index (κ1) is 12.4. The number of halogens is 3. The molecule has 0 unspecified atom stereocenters. The molecule has 3 nitrogen and oxygen atoms in total. The van der Waals surface area contributed by atoms with E-state index in [2.05, 4.69) is 4.98 Å². The van der Waals surface area contributed by atoms with Crippen molar-refractivity contribution in [3.63, 3.8) is 0 Å². The molecule has 0 bridgehead atoms. The van der Waals surface area contributed by atoms with Gasteiger partial charge in [-0.1, -0.05) is 17.7 Å². The van der Waals surface area contributed by atoms with Crippen molar-refractivity contribution in [1.29, 1.82) is 0 Å². The van der Waals surface area contributed by atoms with E-state index in [1.54, 1.807) is 0 Å². The zero-order valence-corrected chi connectivity index (χ0v) is 9.58. The number of hydrogen-bond acceptors (Lipinski definition) is 2. The first-order valence-corrected chi connectivity index (χ1v) is 5.21. The van der Waals surface area contributed by atoms with Gasteiger partial charge in [-0.3, -0.25) is 0 Å². The first-order chi connectivity index (χ1) is 8.50. The van der Waals surface area contributed by atoms with Gasteiger partial charge in [0.25, 0.3) is 0 Å². The molecule has 1 heterocycles. The van der Waals surface area contributed by atoms with Gasteiger partial charge >= 0.3 is 5.97 Å². The molecule has 0 amide bonds. The second-order valence-corrected chi connectivity index (χ2v) is 3.82. The molecule has 0 spiro atoms. The van der Waals surface area contributed by atoms with Crippen molar-refractivity contribution in [2.45, 2.75) is 0 Å². The largest absolute Gasteiger partial charge is 0.478 e. The normalized spacial score (nSPS) is 10.4. The van der Waals surface area contributed by atoms with E-state index in [0.29, 0.717) is 0 Å². The third-order valence-corrected chi connectivity index (χ3v) is 2.62. The van der Waals surface area contributed by atoms with Crippen LogP contribution in [-0.4, -0.2) is 16.1 Å². The number of hydrogen-bond donors (Lipinski definition) is 1. The molecule has 0 aliphatic heterocycles. The molecule has 1 aromatic heterocycles. The zero-order valence-electron chi connectivity index (χ0n) is 8.82. The Morgan fingerprint density at radius 2 is 1.89 bits per heavy atom. The third kappa shape index (κ3) is 2.17. The molecule has 2 aromatic rings. The van der Waals surface area contributed by atoms with Gasteiger partial charge in [-0.15, -0.1) is 0 Å². The fourth-order valence-electron chi connectivity index (χ4n) is 1.51. The molecule has 0 fully saturated rings. The fourth-order valence-corrected chi connectivity index (χ4v) is 1.69. The number of aromatic nitrogens is 1. The van der Waals surface area contributed by atoms with Crippen LogP contribution in [-0.2, 0) is 0 Å². The molecule has 0 saturated heterocycles. The Hall–Kier alpha value is -2.01. The lowest BCUT2D eigenvalue weighted by molar-refractivity contribution is 0.0696. The fraction of sp³-hybridized carbons (Fsp3) is 0. The molecule has 0 saturated carbocycles. The van der Waals surface area contributed by atoms with Gasteiger partial charge in [0.15, 0.2) is 0 Å². The van der Waals surface area contributed by atoms with Crippen LogP contribution >= 0.6 is 11.6 Å². The van der Waals surface area contributed by atoms with Crippen LogP contribution in [0.3, 0.4) is 0 Å². The third-order valence-electron chi connectivity index (χ3n) is 2.32. The van der Waals surface area contributed by atoms with Crippen LogP contribution in [0.15, 0.2) is 30.5 Å². The van der Waals surface area contributed by atoms with Crippen molar-refractivity contribution in [3.05, 3.63) is 52.8 Å². The summed E-state index contributed by atoms with van der Waals surface area (Å²) < 4.78 is 27.0. The molecule has 0 aliphatic rings. The zero-order chi connectivity index (χ0) is 13.3. The lowest BCUT2D eigenvalue weighted by Gasteiger charge is -2.06. The van der Waals surface area contributed by atoms with Gasteiger partial charge in [0.1, 0.15) is 16.8 Å². The van der Waals surface area contributed by atoms with E-state index < -0.39 is 17.6 Å². The van der Waals surface area contributed by atoms with Crippen LogP contribution in [0.4, 0.5) is 8.78 Å². The standard InChI is InChI=1S/C12H6ClF2NO2/c13-11-7(12(17)18)4-6(5-16-11)10-8(14)2-1-3-9(10)15/h1-5H,(H,17,18). The number of carbonyl (C=O) groups is 1. The van der Waals surface area contributed by atoms with Crippen molar-refractivity contribution in [3.8, 4) is 11.1 Å². The van der Waals surface area contributed by atoms with Crippen LogP contribution in [0, 0.1) is 11.6 Å². The summed E-state index contributed by atoms with van der Waals surface area (Å²) in [6.45, 7) is 0. The van der Waals surface area contributed by atoms with E-state index in [1.165, 1.54) is 6.07 Å². The van der Waals surface area contributed by atoms with E-state index in [0.717, 1.165) is 24.4 Å². The first-order valence-electron chi connectivity index (χ1n) is 4.84. The predicted octanol–water partition coefficient (Wildman–Crippen LogP) is 3.38. The van der Waals surface area contributed by atoms with E-state index in [4.69, 9.17) is 16.7 Å². The number of carboxylic acid groups (broad SMARTS) is 1. The minimum Gasteiger partial charge on any atom is -0.478 e. The number of benzene rings is 1. The van der Waals surface area contributed by atoms with Gasteiger partial charge < -0.3 is 5.11 Å². The van der Waals surface area contributed by atoms with Gasteiger partial charge in [-0.05, 0) is 18.2 Å². The Morgan fingerprint density at radius 3 is 2.44 bits per heavy atom. The second-order valence-electron chi connectivity index (χ2n) is 3.46. The minimum atomic E-state index is -1.31. The summed E-state index contributed by atoms with van der Waals surface area (Å²) in [5, 5.41) is 8.63. The molecular formula is C12H6ClF2NO2. The van der Waals surface area contributed by atoms with Gasteiger partial charge in [0.2, 0.25) is 0 Å². The minimum absolute atomic E-state index is 0.0207. The van der Waals surface area contributed by atoms with Gasteiger partial charge in [0, 0.05) is 11.8 Å². The summed E-state index contributed by atoms with van der Waals surface area (Å²) in [4.78, 5) is 14.5. The lowest BCUT2D eigenvalue weighted by Crippen LogP contribution is -2.00. The number of aromatic carboxylic acids is 1. The average Bonchev–Trinajstić information content (AvgIpc) is 2.30. The summed E-state index contributed by atoms with van der Waals surface area (Å²) in [6.07, 6.45) is 1.12.